The van der Waals surface area contributed by atoms with Gasteiger partial charge < -0.3 is 4.18 Å². The topological polar surface area (TPSA) is 60.4 Å². The van der Waals surface area contributed by atoms with Gasteiger partial charge in [0.05, 0.1) is 0 Å². The zero-order valence-electron chi connectivity index (χ0n) is 8.04. The third-order valence-corrected chi connectivity index (χ3v) is 2.65. The van der Waals surface area contributed by atoms with Crippen molar-refractivity contribution in [2.45, 2.75) is 18.9 Å². The Morgan fingerprint density at radius 2 is 1.88 bits per heavy atom. The minimum Gasteiger partial charge on any atom is -0.380 e. The number of rotatable bonds is 2. The predicted octanol–water partition coefficient (Wildman–Crippen LogP) is 1.66. The number of ketones is 1. The van der Waals surface area contributed by atoms with E-state index in [1.165, 1.54) is 13.0 Å². The van der Waals surface area contributed by atoms with E-state index >= 15 is 0 Å². The van der Waals surface area contributed by atoms with Crippen LogP contribution >= 0.6 is 0 Å². The van der Waals surface area contributed by atoms with Crippen LogP contribution in [0.4, 0.5) is 13.2 Å². The first-order chi connectivity index (χ1) is 7.12. The molecule has 0 saturated heterocycles. The zero-order chi connectivity index (χ0) is 12.6. The summed E-state index contributed by atoms with van der Waals surface area (Å²) < 4.78 is 60.9. The molecule has 0 unspecified atom stereocenters. The maximum Gasteiger partial charge on any atom is 0.534 e. The second kappa shape index (κ2) is 3.93. The molecule has 0 bridgehead atoms. The van der Waals surface area contributed by atoms with Crippen molar-refractivity contribution in [1.82, 2.24) is 0 Å². The normalized spacial score (nSPS) is 17.9. The molecule has 1 aliphatic carbocycles. The lowest BCUT2D eigenvalue weighted by molar-refractivity contribution is -0.110. The van der Waals surface area contributed by atoms with Crippen LogP contribution in [0.25, 0.3) is 0 Å². The molecule has 90 valence electrons. The summed E-state index contributed by atoms with van der Waals surface area (Å²) in [4.78, 5) is 10.9. The lowest BCUT2D eigenvalue weighted by atomic mass is 10.1. The van der Waals surface area contributed by atoms with E-state index in [0.29, 0.717) is 5.57 Å². The molecule has 0 aromatic heterocycles. The first-order valence-corrected chi connectivity index (χ1v) is 5.45. The molecule has 0 heterocycles. The third kappa shape index (κ3) is 2.84. The van der Waals surface area contributed by atoms with E-state index in [1.807, 2.05) is 0 Å². The Morgan fingerprint density at radius 1 is 1.31 bits per heavy atom. The summed E-state index contributed by atoms with van der Waals surface area (Å²) in [7, 11) is -5.69. The van der Waals surface area contributed by atoms with Gasteiger partial charge in [-0.05, 0) is 13.0 Å². The maximum atomic E-state index is 11.9. The second-order valence-corrected chi connectivity index (χ2v) is 4.70. The SMILES string of the molecule is CC1=CC(=O)C=C(OS(=O)(=O)C(F)(F)F)C1. The van der Waals surface area contributed by atoms with E-state index in [1.54, 1.807) is 0 Å². The van der Waals surface area contributed by atoms with Gasteiger partial charge >= 0.3 is 15.6 Å². The molecule has 0 saturated carbocycles. The van der Waals surface area contributed by atoms with Crippen molar-refractivity contribution in [2.75, 3.05) is 0 Å². The summed E-state index contributed by atoms with van der Waals surface area (Å²) in [6.07, 6.45) is 1.77. The first kappa shape index (κ1) is 12.8. The summed E-state index contributed by atoms with van der Waals surface area (Å²) >= 11 is 0. The number of alkyl halides is 3. The van der Waals surface area contributed by atoms with Crippen LogP contribution in [0.5, 0.6) is 0 Å². The van der Waals surface area contributed by atoms with Crippen molar-refractivity contribution >= 4 is 15.9 Å². The number of hydrogen-bond donors (Lipinski definition) is 0. The molecule has 8 heteroatoms. The van der Waals surface area contributed by atoms with Gasteiger partial charge in [-0.1, -0.05) is 5.57 Å². The minimum atomic E-state index is -5.69. The molecule has 4 nitrogen and oxygen atoms in total. The molecule has 0 fully saturated rings. The molecule has 0 amide bonds. The van der Waals surface area contributed by atoms with Crippen molar-refractivity contribution in [3.05, 3.63) is 23.5 Å². The highest BCUT2D eigenvalue weighted by Gasteiger charge is 2.48. The lowest BCUT2D eigenvalue weighted by Crippen LogP contribution is -2.26. The lowest BCUT2D eigenvalue weighted by Gasteiger charge is -2.14. The van der Waals surface area contributed by atoms with E-state index in [2.05, 4.69) is 4.18 Å². The van der Waals surface area contributed by atoms with Crippen LogP contribution in [-0.2, 0) is 19.1 Å². The first-order valence-electron chi connectivity index (χ1n) is 4.04. The Morgan fingerprint density at radius 3 is 2.31 bits per heavy atom. The predicted molar refractivity (Wildman–Crippen MR) is 47.5 cm³/mol. The molecule has 0 aromatic rings. The molecule has 1 rings (SSSR count). The average Bonchev–Trinajstić information content (AvgIpc) is 1.97. The van der Waals surface area contributed by atoms with Crippen LogP contribution in [0.2, 0.25) is 0 Å². The molecular formula is C8H7F3O4S. The highest BCUT2D eigenvalue weighted by molar-refractivity contribution is 7.87. The molecule has 0 aromatic carbocycles. The summed E-state index contributed by atoms with van der Waals surface area (Å²) in [5, 5.41) is 0. The Bertz CT molecular complexity index is 470. The fourth-order valence-corrected chi connectivity index (χ4v) is 1.55. The monoisotopic (exact) mass is 256 g/mol. The number of hydrogen-bond acceptors (Lipinski definition) is 4. The molecule has 0 aliphatic heterocycles. The largest absolute Gasteiger partial charge is 0.534 e. The number of carbonyl (C=O) groups excluding carboxylic acids is 1. The summed E-state index contributed by atoms with van der Waals surface area (Å²) in [5.74, 6) is -1.13. The highest BCUT2D eigenvalue weighted by Crippen LogP contribution is 2.29. The van der Waals surface area contributed by atoms with Gasteiger partial charge in [-0.3, -0.25) is 4.79 Å². The zero-order valence-corrected chi connectivity index (χ0v) is 8.85. The Hall–Kier alpha value is -1.31. The van der Waals surface area contributed by atoms with Crippen LogP contribution in [0.15, 0.2) is 23.5 Å². The van der Waals surface area contributed by atoms with Gasteiger partial charge in [0.2, 0.25) is 0 Å². The maximum absolute atomic E-state index is 11.9. The second-order valence-electron chi connectivity index (χ2n) is 3.16. The average molecular weight is 256 g/mol. The van der Waals surface area contributed by atoms with E-state index in [4.69, 9.17) is 0 Å². The number of allylic oxidation sites excluding steroid dienone is 3. The minimum absolute atomic E-state index is 0.138. The fraction of sp³-hybridized carbons (Fsp3) is 0.375. The van der Waals surface area contributed by atoms with Gasteiger partial charge in [-0.2, -0.15) is 21.6 Å². The molecule has 0 N–H and O–H groups in total. The van der Waals surface area contributed by atoms with Crippen molar-refractivity contribution in [2.24, 2.45) is 0 Å². The Labute approximate surface area is 89.5 Å². The molecule has 0 atom stereocenters. The number of halogens is 3. The van der Waals surface area contributed by atoms with Crippen LogP contribution in [-0.4, -0.2) is 19.7 Å². The van der Waals surface area contributed by atoms with E-state index in [-0.39, 0.29) is 6.42 Å². The van der Waals surface area contributed by atoms with Crippen molar-refractivity contribution in [3.63, 3.8) is 0 Å². The molecular weight excluding hydrogens is 249 g/mol. The van der Waals surface area contributed by atoms with Gasteiger partial charge in [-0.25, -0.2) is 0 Å². The molecule has 0 spiro atoms. The van der Waals surface area contributed by atoms with Gasteiger partial charge in [0.1, 0.15) is 5.76 Å². The van der Waals surface area contributed by atoms with Gasteiger partial charge in [-0.15, -0.1) is 0 Å². The highest BCUT2D eigenvalue weighted by atomic mass is 32.2. The quantitative estimate of drug-likeness (QED) is 0.556. The van der Waals surface area contributed by atoms with Crippen LogP contribution in [0.1, 0.15) is 13.3 Å². The summed E-state index contributed by atoms with van der Waals surface area (Å²) in [6, 6.07) is 0. The number of carbonyl (C=O) groups is 1. The van der Waals surface area contributed by atoms with E-state index in [9.17, 15) is 26.4 Å². The van der Waals surface area contributed by atoms with Gasteiger partial charge in [0.15, 0.2) is 5.78 Å². The summed E-state index contributed by atoms with van der Waals surface area (Å²) in [6.45, 7) is 1.48. The third-order valence-electron chi connectivity index (χ3n) is 1.65. The van der Waals surface area contributed by atoms with Crippen molar-refractivity contribution < 1.29 is 30.6 Å². The van der Waals surface area contributed by atoms with Crippen LogP contribution in [0, 0.1) is 0 Å². The van der Waals surface area contributed by atoms with Gasteiger partial charge in [0, 0.05) is 12.5 Å². The van der Waals surface area contributed by atoms with Crippen molar-refractivity contribution in [1.29, 1.82) is 0 Å². The fourth-order valence-electron chi connectivity index (χ4n) is 1.06. The van der Waals surface area contributed by atoms with E-state index < -0.39 is 27.2 Å². The van der Waals surface area contributed by atoms with Crippen molar-refractivity contribution in [3.8, 4) is 0 Å². The van der Waals surface area contributed by atoms with Gasteiger partial charge in [0.25, 0.3) is 0 Å². The molecule has 0 radical (unpaired) electrons. The summed E-state index contributed by atoms with van der Waals surface area (Å²) in [5.41, 5.74) is -5.06. The Kier molecular flexibility index (Phi) is 3.13. The van der Waals surface area contributed by atoms with Crippen LogP contribution < -0.4 is 0 Å². The molecule has 1 aliphatic rings. The molecule has 16 heavy (non-hydrogen) atoms. The van der Waals surface area contributed by atoms with Crippen LogP contribution in [0.3, 0.4) is 0 Å². The van der Waals surface area contributed by atoms with E-state index in [0.717, 1.165) is 6.08 Å². The Balaban J connectivity index is 2.89. The standard InChI is InChI=1S/C8H7F3O4S/c1-5-2-6(12)4-7(3-5)15-16(13,14)8(9,10)11/h2,4H,3H2,1H3. The smallest absolute Gasteiger partial charge is 0.380 e.